The average Bonchev–Trinajstić information content (AvgIpc) is 2.63. The van der Waals surface area contributed by atoms with Crippen LogP contribution in [-0.4, -0.2) is 12.6 Å². The highest BCUT2D eigenvalue weighted by atomic mass is 16.5. The Hall–Kier alpha value is -3.28. The molecule has 6 nitrogen and oxygen atoms in total. The molecule has 0 bridgehead atoms. The third-order valence-electron chi connectivity index (χ3n) is 3.78. The van der Waals surface area contributed by atoms with Gasteiger partial charge in [0.15, 0.2) is 0 Å². The molecule has 0 aliphatic carbocycles. The van der Waals surface area contributed by atoms with Crippen LogP contribution < -0.4 is 16.7 Å². The highest BCUT2D eigenvalue weighted by Gasteiger charge is 2.13. The lowest BCUT2D eigenvalue weighted by Crippen LogP contribution is -2.10. The first-order valence-corrected chi connectivity index (χ1v) is 8.31. The lowest BCUT2D eigenvalue weighted by molar-refractivity contribution is 0.0459. The number of hydrogen-bond acceptors (Lipinski definition) is 6. The van der Waals surface area contributed by atoms with Gasteiger partial charge in [0.2, 0.25) is 5.88 Å². The lowest BCUT2D eigenvalue weighted by Gasteiger charge is -2.12. The number of anilines is 3. The maximum Gasteiger partial charge on any atom is 0.345 e. The van der Waals surface area contributed by atoms with Crippen molar-refractivity contribution in [2.45, 2.75) is 13.8 Å². The minimum Gasteiger partial charge on any atom is -0.462 e. The van der Waals surface area contributed by atoms with Crippen molar-refractivity contribution in [3.8, 4) is 0 Å². The number of nitrogens with one attached hydrogen (secondary N) is 1. The first-order chi connectivity index (χ1) is 12.5. The van der Waals surface area contributed by atoms with E-state index in [-0.39, 0.29) is 17.8 Å². The van der Waals surface area contributed by atoms with E-state index >= 15 is 0 Å². The number of nitrogen functional groups attached to an aromatic ring is 1. The molecule has 3 aromatic rings. The predicted octanol–water partition coefficient (Wildman–Crippen LogP) is 3.93. The van der Waals surface area contributed by atoms with Gasteiger partial charge in [-0.15, -0.1) is 0 Å². The Morgan fingerprint density at radius 3 is 2.62 bits per heavy atom. The topological polar surface area (TPSA) is 94.6 Å². The van der Waals surface area contributed by atoms with Crippen LogP contribution in [0.15, 0.2) is 57.7 Å². The molecule has 2 aromatic carbocycles. The molecule has 0 atom stereocenters. The summed E-state index contributed by atoms with van der Waals surface area (Å²) in [6, 6.07) is 13.9. The molecule has 3 rings (SSSR count). The lowest BCUT2D eigenvalue weighted by atomic mass is 10.1. The van der Waals surface area contributed by atoms with Crippen molar-refractivity contribution in [3.63, 3.8) is 0 Å². The monoisotopic (exact) mass is 352 g/mol. The minimum atomic E-state index is -0.491. The van der Waals surface area contributed by atoms with Crippen molar-refractivity contribution in [2.75, 3.05) is 17.7 Å². The van der Waals surface area contributed by atoms with Crippen LogP contribution in [-0.2, 0) is 4.74 Å². The Labute approximate surface area is 150 Å². The van der Waals surface area contributed by atoms with E-state index in [1.165, 1.54) is 0 Å². The van der Waals surface area contributed by atoms with Crippen LogP contribution in [0.3, 0.4) is 0 Å². The molecular weight excluding hydrogens is 332 g/mol. The molecular formula is C20H20N2O4. The summed E-state index contributed by atoms with van der Waals surface area (Å²) in [5.74, 6) is -0.139. The minimum absolute atomic E-state index is 0.0125. The van der Waals surface area contributed by atoms with Gasteiger partial charge in [-0.05, 0) is 30.2 Å². The molecule has 3 N–H and O–H groups in total. The van der Waals surface area contributed by atoms with E-state index in [1.54, 1.807) is 42.5 Å². The summed E-state index contributed by atoms with van der Waals surface area (Å²) in [5.41, 5.74) is 6.94. The van der Waals surface area contributed by atoms with E-state index in [4.69, 9.17) is 14.9 Å². The van der Waals surface area contributed by atoms with E-state index in [9.17, 15) is 9.59 Å². The maximum atomic E-state index is 12.1. The average molecular weight is 352 g/mol. The van der Waals surface area contributed by atoms with E-state index in [1.807, 2.05) is 19.9 Å². The van der Waals surface area contributed by atoms with Crippen molar-refractivity contribution < 1.29 is 13.9 Å². The quantitative estimate of drug-likeness (QED) is 0.676. The maximum absolute atomic E-state index is 12.1. The summed E-state index contributed by atoms with van der Waals surface area (Å²) < 4.78 is 10.4. The third kappa shape index (κ3) is 3.69. The Bertz CT molecular complexity index is 1010. The van der Waals surface area contributed by atoms with Gasteiger partial charge in [0.1, 0.15) is 5.69 Å². The van der Waals surface area contributed by atoms with Gasteiger partial charge in [0, 0.05) is 11.1 Å². The SMILES string of the molecule is CC(C)COC(=O)c1cccc(Nc2c(N)oc(=O)c3ccccc23)c1. The van der Waals surface area contributed by atoms with Gasteiger partial charge >= 0.3 is 11.6 Å². The van der Waals surface area contributed by atoms with Crippen molar-refractivity contribution in [1.29, 1.82) is 0 Å². The van der Waals surface area contributed by atoms with Gasteiger partial charge in [0.25, 0.3) is 0 Å². The summed E-state index contributed by atoms with van der Waals surface area (Å²) in [5, 5.41) is 4.21. The second-order valence-corrected chi connectivity index (χ2v) is 6.37. The molecule has 0 saturated heterocycles. The molecule has 0 aliphatic rings. The number of carbonyl (C=O) groups excluding carboxylic acids is 1. The third-order valence-corrected chi connectivity index (χ3v) is 3.78. The van der Waals surface area contributed by atoms with E-state index in [2.05, 4.69) is 5.32 Å². The van der Waals surface area contributed by atoms with Crippen LogP contribution in [0, 0.1) is 5.92 Å². The Morgan fingerprint density at radius 1 is 1.15 bits per heavy atom. The molecule has 26 heavy (non-hydrogen) atoms. The van der Waals surface area contributed by atoms with Gasteiger partial charge in [-0.25, -0.2) is 9.59 Å². The van der Waals surface area contributed by atoms with Crippen molar-refractivity contribution in [3.05, 3.63) is 64.5 Å². The normalized spacial score (nSPS) is 10.9. The molecule has 0 amide bonds. The van der Waals surface area contributed by atoms with Crippen molar-refractivity contribution in [1.82, 2.24) is 0 Å². The smallest absolute Gasteiger partial charge is 0.345 e. The van der Waals surface area contributed by atoms with Crippen LogP contribution in [0.2, 0.25) is 0 Å². The van der Waals surface area contributed by atoms with Crippen LogP contribution in [0.1, 0.15) is 24.2 Å². The zero-order valence-electron chi connectivity index (χ0n) is 14.6. The number of benzene rings is 2. The fraction of sp³-hybridized carbons (Fsp3) is 0.200. The standard InChI is InChI=1S/C20H20N2O4/c1-12(2)11-25-19(23)13-6-5-7-14(10-13)22-17-15-8-3-4-9-16(15)20(24)26-18(17)21/h3-10,12,22H,11,21H2,1-2H3. The predicted molar refractivity (Wildman–Crippen MR) is 102 cm³/mol. The Balaban J connectivity index is 1.93. The van der Waals surface area contributed by atoms with Crippen molar-refractivity contribution >= 4 is 34.0 Å². The number of nitrogens with two attached hydrogens (primary N) is 1. The largest absolute Gasteiger partial charge is 0.462 e. The first kappa shape index (κ1) is 17.5. The molecule has 0 fully saturated rings. The van der Waals surface area contributed by atoms with Gasteiger partial charge in [-0.1, -0.05) is 38.1 Å². The van der Waals surface area contributed by atoms with Gasteiger partial charge < -0.3 is 20.2 Å². The molecule has 1 aromatic heterocycles. The summed E-state index contributed by atoms with van der Waals surface area (Å²) in [7, 11) is 0. The number of esters is 1. The molecule has 0 spiro atoms. The molecule has 0 aliphatic heterocycles. The second kappa shape index (κ2) is 7.31. The zero-order valence-corrected chi connectivity index (χ0v) is 14.6. The first-order valence-electron chi connectivity index (χ1n) is 8.31. The van der Waals surface area contributed by atoms with Crippen LogP contribution in [0.5, 0.6) is 0 Å². The number of carbonyl (C=O) groups is 1. The fourth-order valence-corrected chi connectivity index (χ4v) is 2.54. The van der Waals surface area contributed by atoms with Crippen LogP contribution in [0.25, 0.3) is 10.8 Å². The fourth-order valence-electron chi connectivity index (χ4n) is 2.54. The molecule has 6 heteroatoms. The Morgan fingerprint density at radius 2 is 1.88 bits per heavy atom. The number of hydrogen-bond donors (Lipinski definition) is 2. The highest BCUT2D eigenvalue weighted by molar-refractivity contribution is 5.99. The zero-order chi connectivity index (χ0) is 18.7. The van der Waals surface area contributed by atoms with Gasteiger partial charge in [-0.2, -0.15) is 0 Å². The van der Waals surface area contributed by atoms with E-state index in [0.717, 1.165) is 0 Å². The number of fused-ring (bicyclic) bond motifs is 1. The summed E-state index contributed by atoms with van der Waals surface area (Å²) in [6.07, 6.45) is 0. The molecule has 0 radical (unpaired) electrons. The van der Waals surface area contributed by atoms with E-state index in [0.29, 0.717) is 34.3 Å². The van der Waals surface area contributed by atoms with Crippen molar-refractivity contribution in [2.24, 2.45) is 5.92 Å². The second-order valence-electron chi connectivity index (χ2n) is 6.37. The molecule has 134 valence electrons. The number of ether oxygens (including phenoxy) is 1. The van der Waals surface area contributed by atoms with E-state index < -0.39 is 5.63 Å². The molecule has 0 saturated carbocycles. The molecule has 0 unspecified atom stereocenters. The van der Waals surface area contributed by atoms with Gasteiger partial charge in [-0.3, -0.25) is 0 Å². The van der Waals surface area contributed by atoms with Crippen LogP contribution >= 0.6 is 0 Å². The summed E-state index contributed by atoms with van der Waals surface area (Å²) in [4.78, 5) is 24.1. The molecule has 1 heterocycles. The van der Waals surface area contributed by atoms with Gasteiger partial charge in [0.05, 0.1) is 17.6 Å². The summed E-state index contributed by atoms with van der Waals surface area (Å²) in [6.45, 7) is 4.31. The van der Waals surface area contributed by atoms with Crippen LogP contribution in [0.4, 0.5) is 17.3 Å². The Kier molecular flexibility index (Phi) is 4.93. The summed E-state index contributed by atoms with van der Waals surface area (Å²) >= 11 is 0. The number of rotatable bonds is 5. The highest BCUT2D eigenvalue weighted by Crippen LogP contribution is 2.30.